The zero-order chi connectivity index (χ0) is 10.7. The predicted molar refractivity (Wildman–Crippen MR) is 49.6 cm³/mol. The van der Waals surface area contributed by atoms with E-state index in [1.807, 2.05) is 0 Å². The average Bonchev–Trinajstić information content (AvgIpc) is 2.14. The van der Waals surface area contributed by atoms with Gasteiger partial charge < -0.3 is 9.94 Å². The molecule has 0 aliphatic rings. The van der Waals surface area contributed by atoms with E-state index >= 15 is 0 Å². The molecular formula is C8H8BrF2NO2. The average molecular weight is 268 g/mol. The molecule has 1 aromatic carbocycles. The second-order valence-corrected chi connectivity index (χ2v) is 3.30. The van der Waals surface area contributed by atoms with Crippen molar-refractivity contribution >= 4 is 15.9 Å². The maximum Gasteiger partial charge on any atom is 0.148 e. The van der Waals surface area contributed by atoms with Gasteiger partial charge in [-0.2, -0.15) is 5.48 Å². The van der Waals surface area contributed by atoms with Crippen LogP contribution < -0.4 is 5.48 Å². The summed E-state index contributed by atoms with van der Waals surface area (Å²) in [7, 11) is 1.34. The first-order valence-electron chi connectivity index (χ1n) is 3.69. The molecule has 3 nitrogen and oxygen atoms in total. The Kier molecular flexibility index (Phi) is 3.79. The Balaban J connectivity index is 3.09. The summed E-state index contributed by atoms with van der Waals surface area (Å²) >= 11 is 2.80. The molecule has 2 N–H and O–H groups in total. The van der Waals surface area contributed by atoms with Crippen LogP contribution in [0.15, 0.2) is 10.5 Å². The quantitative estimate of drug-likeness (QED) is 0.651. The number of halogens is 3. The van der Waals surface area contributed by atoms with E-state index in [0.29, 0.717) is 0 Å². The lowest BCUT2D eigenvalue weighted by Crippen LogP contribution is -2.13. The molecule has 0 bridgehead atoms. The van der Waals surface area contributed by atoms with Crippen molar-refractivity contribution in [2.75, 3.05) is 7.11 Å². The van der Waals surface area contributed by atoms with E-state index in [-0.39, 0.29) is 16.6 Å². The van der Waals surface area contributed by atoms with Crippen LogP contribution in [0.25, 0.3) is 0 Å². The largest absolute Gasteiger partial charge is 0.507 e. The summed E-state index contributed by atoms with van der Waals surface area (Å²) < 4.78 is 26.2. The summed E-state index contributed by atoms with van der Waals surface area (Å²) in [5.41, 5.74) is 2.11. The van der Waals surface area contributed by atoms with Gasteiger partial charge in [0, 0.05) is 11.6 Å². The monoisotopic (exact) mass is 267 g/mol. The van der Waals surface area contributed by atoms with E-state index in [0.717, 1.165) is 6.07 Å². The molecule has 0 fully saturated rings. The normalized spacial score (nSPS) is 10.6. The predicted octanol–water partition coefficient (Wildman–Crippen LogP) is 2.08. The summed E-state index contributed by atoms with van der Waals surface area (Å²) in [6.07, 6.45) is 0. The van der Waals surface area contributed by atoms with E-state index in [1.165, 1.54) is 7.11 Å². The molecule has 0 aliphatic heterocycles. The van der Waals surface area contributed by atoms with Crippen LogP contribution in [-0.4, -0.2) is 12.2 Å². The van der Waals surface area contributed by atoms with Crippen molar-refractivity contribution in [2.45, 2.75) is 6.54 Å². The number of hydroxylamine groups is 1. The van der Waals surface area contributed by atoms with E-state index in [2.05, 4.69) is 26.2 Å². The summed E-state index contributed by atoms with van der Waals surface area (Å²) in [5, 5.41) is 9.05. The molecule has 1 aromatic rings. The first kappa shape index (κ1) is 11.4. The highest BCUT2D eigenvalue weighted by Crippen LogP contribution is 2.30. The Labute approximate surface area is 87.8 Å². The minimum Gasteiger partial charge on any atom is -0.507 e. The van der Waals surface area contributed by atoms with Crippen molar-refractivity contribution in [1.29, 1.82) is 0 Å². The third-order valence-corrected chi connectivity index (χ3v) is 2.38. The number of phenols is 1. The summed E-state index contributed by atoms with van der Waals surface area (Å²) in [6.45, 7) is -0.118. The van der Waals surface area contributed by atoms with Gasteiger partial charge in [0.1, 0.15) is 17.4 Å². The molecule has 0 aliphatic carbocycles. The Hall–Kier alpha value is -0.720. The van der Waals surface area contributed by atoms with Crippen LogP contribution in [-0.2, 0) is 11.4 Å². The van der Waals surface area contributed by atoms with E-state index in [4.69, 9.17) is 5.11 Å². The second kappa shape index (κ2) is 4.68. The van der Waals surface area contributed by atoms with Crippen LogP contribution in [0, 0.1) is 11.6 Å². The molecule has 6 heteroatoms. The van der Waals surface area contributed by atoms with Crippen LogP contribution >= 0.6 is 15.9 Å². The van der Waals surface area contributed by atoms with E-state index in [1.54, 1.807) is 0 Å². The highest BCUT2D eigenvalue weighted by Gasteiger charge is 2.16. The Morgan fingerprint density at radius 2 is 2.21 bits per heavy atom. The fraction of sp³-hybridized carbons (Fsp3) is 0.250. The first-order valence-corrected chi connectivity index (χ1v) is 4.48. The molecule has 0 saturated heterocycles. The Morgan fingerprint density at radius 1 is 1.57 bits per heavy atom. The van der Waals surface area contributed by atoms with Crippen molar-refractivity contribution in [2.24, 2.45) is 0 Å². The number of benzene rings is 1. The lowest BCUT2D eigenvalue weighted by Gasteiger charge is -2.07. The highest BCUT2D eigenvalue weighted by molar-refractivity contribution is 9.10. The van der Waals surface area contributed by atoms with Gasteiger partial charge in [-0.05, 0) is 15.9 Å². The van der Waals surface area contributed by atoms with Crippen LogP contribution in [0.4, 0.5) is 8.78 Å². The molecule has 14 heavy (non-hydrogen) atoms. The lowest BCUT2D eigenvalue weighted by atomic mass is 10.2. The van der Waals surface area contributed by atoms with Gasteiger partial charge in [0.2, 0.25) is 0 Å². The van der Waals surface area contributed by atoms with E-state index in [9.17, 15) is 8.78 Å². The van der Waals surface area contributed by atoms with Crippen LogP contribution in [0.1, 0.15) is 5.56 Å². The molecule has 0 spiro atoms. The number of phenolic OH excluding ortho intramolecular Hbond substituents is 1. The Bertz CT molecular complexity index is 347. The SMILES string of the molecule is CONCc1c(F)cc(O)c(Br)c1F. The summed E-state index contributed by atoms with van der Waals surface area (Å²) in [4.78, 5) is 4.46. The lowest BCUT2D eigenvalue weighted by molar-refractivity contribution is 0.0850. The van der Waals surface area contributed by atoms with Crippen LogP contribution in [0.2, 0.25) is 0 Å². The highest BCUT2D eigenvalue weighted by atomic mass is 79.9. The second-order valence-electron chi connectivity index (χ2n) is 2.51. The van der Waals surface area contributed by atoms with Gasteiger partial charge in [-0.15, -0.1) is 0 Å². The maximum atomic E-state index is 13.3. The smallest absolute Gasteiger partial charge is 0.148 e. The number of nitrogens with one attached hydrogen (secondary N) is 1. The summed E-state index contributed by atoms with van der Waals surface area (Å²) in [6, 6.07) is 0.833. The van der Waals surface area contributed by atoms with Gasteiger partial charge in [-0.25, -0.2) is 8.78 Å². The third kappa shape index (κ3) is 2.20. The molecule has 0 saturated carbocycles. The minimum absolute atomic E-state index is 0.118. The maximum absolute atomic E-state index is 13.3. The van der Waals surface area contributed by atoms with Crippen molar-refractivity contribution < 1.29 is 18.7 Å². The van der Waals surface area contributed by atoms with Gasteiger partial charge in [0.15, 0.2) is 0 Å². The minimum atomic E-state index is -0.841. The zero-order valence-corrected chi connectivity index (χ0v) is 8.86. The zero-order valence-electron chi connectivity index (χ0n) is 7.27. The molecule has 0 heterocycles. The number of hydrogen-bond donors (Lipinski definition) is 2. The Morgan fingerprint density at radius 3 is 2.79 bits per heavy atom. The van der Waals surface area contributed by atoms with E-state index < -0.39 is 17.4 Å². The van der Waals surface area contributed by atoms with Gasteiger partial charge >= 0.3 is 0 Å². The molecular weight excluding hydrogens is 260 g/mol. The molecule has 0 radical (unpaired) electrons. The first-order chi connectivity index (χ1) is 6.57. The van der Waals surface area contributed by atoms with Gasteiger partial charge in [0.05, 0.1) is 18.1 Å². The molecule has 78 valence electrons. The van der Waals surface area contributed by atoms with Crippen molar-refractivity contribution in [3.05, 3.63) is 27.7 Å². The fourth-order valence-corrected chi connectivity index (χ4v) is 1.28. The topological polar surface area (TPSA) is 41.5 Å². The fourth-order valence-electron chi connectivity index (χ4n) is 0.927. The third-order valence-electron chi connectivity index (χ3n) is 1.63. The van der Waals surface area contributed by atoms with Crippen molar-refractivity contribution in [3.63, 3.8) is 0 Å². The van der Waals surface area contributed by atoms with Crippen LogP contribution in [0.3, 0.4) is 0 Å². The molecule has 1 rings (SSSR count). The van der Waals surface area contributed by atoms with Crippen molar-refractivity contribution in [3.8, 4) is 5.75 Å². The number of aromatic hydroxyl groups is 1. The van der Waals surface area contributed by atoms with Gasteiger partial charge in [0.25, 0.3) is 0 Å². The molecule has 0 aromatic heterocycles. The van der Waals surface area contributed by atoms with Gasteiger partial charge in [-0.3, -0.25) is 0 Å². The molecule has 0 unspecified atom stereocenters. The molecule has 0 atom stereocenters. The summed E-state index contributed by atoms with van der Waals surface area (Å²) in [5.74, 6) is -2.14. The number of rotatable bonds is 3. The van der Waals surface area contributed by atoms with Gasteiger partial charge in [-0.1, -0.05) is 0 Å². The number of hydrogen-bond acceptors (Lipinski definition) is 3. The van der Waals surface area contributed by atoms with Crippen LogP contribution in [0.5, 0.6) is 5.75 Å². The van der Waals surface area contributed by atoms with Crippen molar-refractivity contribution in [1.82, 2.24) is 5.48 Å². The standard InChI is InChI=1S/C8H8BrF2NO2/c1-14-12-3-4-5(10)2-6(13)7(9)8(4)11/h2,12-13H,3H2,1H3. The molecule has 0 amide bonds.